The number of hydrogen-bond acceptors (Lipinski definition) is 9. The molecular weight excluding hydrogens is 570 g/mol. The van der Waals surface area contributed by atoms with E-state index < -0.39 is 11.5 Å². The standard InChI is InChI=1S/C30H28ClN9O3/c1-17-26(30(42)40(38(17)2)20-7-4-6-18(31)12-20)29(41)35-19-10-11-23(33-13-19)27-28(32)34-14-24(37-27)22-8-5-9-25(36-22)39-15-21(16-39)43-3/h4-14,21H,15-16H2,1-3H3,(H2,32,34)(H,35,41). The number of nitrogens with zero attached hydrogens (tertiary/aromatic N) is 7. The molecule has 0 unspecified atom stereocenters. The molecule has 218 valence electrons. The van der Waals surface area contributed by atoms with Crippen molar-refractivity contribution in [3.8, 4) is 28.5 Å². The molecule has 13 heteroatoms. The van der Waals surface area contributed by atoms with Crippen LogP contribution in [0.1, 0.15) is 16.1 Å². The summed E-state index contributed by atoms with van der Waals surface area (Å²) in [5.74, 6) is 0.480. The summed E-state index contributed by atoms with van der Waals surface area (Å²) in [5.41, 5.74) is 9.21. The number of nitrogen functional groups attached to an aromatic ring is 1. The Kier molecular flexibility index (Phi) is 7.38. The van der Waals surface area contributed by atoms with E-state index in [1.54, 1.807) is 68.4 Å². The largest absolute Gasteiger partial charge is 0.382 e. The zero-order chi connectivity index (χ0) is 30.2. The lowest BCUT2D eigenvalue weighted by molar-refractivity contribution is 0.0783. The van der Waals surface area contributed by atoms with Gasteiger partial charge >= 0.3 is 0 Å². The number of hydrogen-bond donors (Lipinski definition) is 2. The fourth-order valence-corrected chi connectivity index (χ4v) is 5.08. The number of aromatic nitrogens is 6. The molecule has 5 aromatic rings. The zero-order valence-corrected chi connectivity index (χ0v) is 24.4. The van der Waals surface area contributed by atoms with E-state index in [4.69, 9.17) is 32.0 Å². The van der Waals surface area contributed by atoms with Crippen LogP contribution in [0.25, 0.3) is 28.5 Å². The summed E-state index contributed by atoms with van der Waals surface area (Å²) in [6.07, 6.45) is 3.26. The molecule has 1 aliphatic rings. The second kappa shape index (κ2) is 11.3. The molecule has 12 nitrogen and oxygen atoms in total. The predicted molar refractivity (Wildman–Crippen MR) is 165 cm³/mol. The number of anilines is 3. The summed E-state index contributed by atoms with van der Waals surface area (Å²) < 4.78 is 8.38. The van der Waals surface area contributed by atoms with Crippen molar-refractivity contribution in [3.05, 3.63) is 93.6 Å². The first kappa shape index (κ1) is 28.1. The number of pyridine rings is 2. The molecule has 0 atom stereocenters. The number of ether oxygens (including phenoxy) is 1. The lowest BCUT2D eigenvalue weighted by Gasteiger charge is -2.39. The summed E-state index contributed by atoms with van der Waals surface area (Å²) in [4.78, 5) is 46.8. The first-order chi connectivity index (χ1) is 20.7. The fourth-order valence-electron chi connectivity index (χ4n) is 4.90. The third-order valence-corrected chi connectivity index (χ3v) is 7.64. The molecule has 1 aromatic carbocycles. The van der Waals surface area contributed by atoms with E-state index >= 15 is 0 Å². The molecule has 1 aliphatic heterocycles. The van der Waals surface area contributed by atoms with Crippen LogP contribution in [0.5, 0.6) is 0 Å². The third-order valence-electron chi connectivity index (χ3n) is 7.40. The average Bonchev–Trinajstić information content (AvgIpc) is 3.20. The minimum atomic E-state index is -0.556. The highest BCUT2D eigenvalue weighted by Crippen LogP contribution is 2.27. The smallest absolute Gasteiger partial charge is 0.284 e. The molecule has 5 heterocycles. The molecule has 1 fully saturated rings. The molecule has 0 aliphatic carbocycles. The Bertz CT molecular complexity index is 1900. The van der Waals surface area contributed by atoms with Crippen LogP contribution in [0, 0.1) is 6.92 Å². The van der Waals surface area contributed by atoms with Gasteiger partial charge in [-0.1, -0.05) is 23.7 Å². The number of rotatable bonds is 7. The normalized spacial score (nSPS) is 13.2. The van der Waals surface area contributed by atoms with Gasteiger partial charge in [0, 0.05) is 32.3 Å². The van der Waals surface area contributed by atoms with Crippen LogP contribution < -0.4 is 21.5 Å². The van der Waals surface area contributed by atoms with Gasteiger partial charge in [-0.3, -0.25) is 19.3 Å². The number of nitrogens with one attached hydrogen (secondary N) is 1. The fraction of sp³-hybridized carbons (Fsp3) is 0.200. The molecule has 0 bridgehead atoms. The zero-order valence-electron chi connectivity index (χ0n) is 23.7. The molecule has 6 rings (SSSR count). The van der Waals surface area contributed by atoms with Crippen LogP contribution in [0.15, 0.2) is 71.8 Å². The molecule has 1 saturated heterocycles. The number of carbonyl (C=O) groups is 1. The average molecular weight is 598 g/mol. The van der Waals surface area contributed by atoms with E-state index in [1.165, 1.54) is 10.9 Å². The van der Waals surface area contributed by atoms with Crippen molar-refractivity contribution in [3.63, 3.8) is 0 Å². The summed E-state index contributed by atoms with van der Waals surface area (Å²) in [6.45, 7) is 3.26. The maximum Gasteiger partial charge on any atom is 0.284 e. The SMILES string of the molecule is COC1CN(c2cccc(-c3cnc(N)c(-c4ccc(NC(=O)c5c(C)n(C)n(-c6cccc(Cl)c6)c5=O)cn4)n3)n2)C1. The van der Waals surface area contributed by atoms with Crippen LogP contribution in [-0.2, 0) is 11.8 Å². The first-order valence-corrected chi connectivity index (χ1v) is 13.8. The Hall–Kier alpha value is -5.07. The van der Waals surface area contributed by atoms with E-state index in [0.29, 0.717) is 44.9 Å². The summed E-state index contributed by atoms with van der Waals surface area (Å²) >= 11 is 6.12. The van der Waals surface area contributed by atoms with Crippen LogP contribution >= 0.6 is 11.6 Å². The van der Waals surface area contributed by atoms with Crippen LogP contribution in [0.2, 0.25) is 5.02 Å². The van der Waals surface area contributed by atoms with Gasteiger partial charge in [0.2, 0.25) is 0 Å². The number of methoxy groups -OCH3 is 1. The second-order valence-electron chi connectivity index (χ2n) is 10.1. The molecular formula is C30H28ClN9O3. The van der Waals surface area contributed by atoms with E-state index in [1.807, 2.05) is 18.2 Å². The molecule has 43 heavy (non-hydrogen) atoms. The van der Waals surface area contributed by atoms with Crippen LogP contribution in [0.3, 0.4) is 0 Å². The number of amides is 1. The maximum absolute atomic E-state index is 13.3. The lowest BCUT2D eigenvalue weighted by atomic mass is 10.1. The van der Waals surface area contributed by atoms with E-state index in [9.17, 15) is 9.59 Å². The van der Waals surface area contributed by atoms with E-state index in [-0.39, 0.29) is 17.5 Å². The number of halogens is 1. The molecule has 0 radical (unpaired) electrons. The summed E-state index contributed by atoms with van der Waals surface area (Å²) in [5, 5.41) is 3.24. The Morgan fingerprint density at radius 3 is 2.53 bits per heavy atom. The van der Waals surface area contributed by atoms with Crippen molar-refractivity contribution >= 4 is 34.8 Å². The minimum Gasteiger partial charge on any atom is -0.382 e. The minimum absolute atomic E-state index is 0.0139. The highest BCUT2D eigenvalue weighted by atomic mass is 35.5. The van der Waals surface area contributed by atoms with Gasteiger partial charge in [-0.05, 0) is 49.4 Å². The van der Waals surface area contributed by atoms with Gasteiger partial charge in [-0.15, -0.1) is 0 Å². The highest BCUT2D eigenvalue weighted by Gasteiger charge is 2.28. The maximum atomic E-state index is 13.3. The predicted octanol–water partition coefficient (Wildman–Crippen LogP) is 3.72. The van der Waals surface area contributed by atoms with Gasteiger partial charge in [0.25, 0.3) is 11.5 Å². The molecule has 0 spiro atoms. The Morgan fingerprint density at radius 1 is 1.02 bits per heavy atom. The monoisotopic (exact) mass is 597 g/mol. The topological polar surface area (TPSA) is 146 Å². The van der Waals surface area contributed by atoms with Gasteiger partial charge in [-0.2, -0.15) is 0 Å². The molecule has 1 amide bonds. The van der Waals surface area contributed by atoms with Crippen molar-refractivity contribution in [2.75, 3.05) is 36.1 Å². The van der Waals surface area contributed by atoms with Crippen LogP contribution in [0.4, 0.5) is 17.3 Å². The molecule has 4 aromatic heterocycles. The van der Waals surface area contributed by atoms with Crippen molar-refractivity contribution in [1.29, 1.82) is 0 Å². The Labute approximate surface area is 251 Å². The molecule has 3 N–H and O–H groups in total. The van der Waals surface area contributed by atoms with Crippen molar-refractivity contribution in [1.82, 2.24) is 29.3 Å². The van der Waals surface area contributed by atoms with Crippen molar-refractivity contribution < 1.29 is 9.53 Å². The van der Waals surface area contributed by atoms with Gasteiger partial charge in [0.1, 0.15) is 22.8 Å². The van der Waals surface area contributed by atoms with Gasteiger partial charge < -0.3 is 20.7 Å². The summed E-state index contributed by atoms with van der Waals surface area (Å²) in [7, 11) is 3.41. The highest BCUT2D eigenvalue weighted by molar-refractivity contribution is 6.30. The van der Waals surface area contributed by atoms with E-state index in [0.717, 1.165) is 18.9 Å². The number of benzene rings is 1. The van der Waals surface area contributed by atoms with Crippen molar-refractivity contribution in [2.24, 2.45) is 7.05 Å². The Balaban J connectivity index is 1.22. The second-order valence-corrected chi connectivity index (χ2v) is 10.5. The van der Waals surface area contributed by atoms with Crippen molar-refractivity contribution in [2.45, 2.75) is 13.0 Å². The van der Waals surface area contributed by atoms with Gasteiger partial charge in [0.05, 0.1) is 47.0 Å². The number of carbonyl (C=O) groups excluding carboxylic acids is 1. The van der Waals surface area contributed by atoms with Gasteiger partial charge in [-0.25, -0.2) is 19.6 Å². The van der Waals surface area contributed by atoms with E-state index in [2.05, 4.69) is 20.2 Å². The van der Waals surface area contributed by atoms with Gasteiger partial charge in [0.15, 0.2) is 5.82 Å². The quantitative estimate of drug-likeness (QED) is 0.286. The Morgan fingerprint density at radius 2 is 1.81 bits per heavy atom. The lowest BCUT2D eigenvalue weighted by Crippen LogP contribution is -2.52. The third kappa shape index (κ3) is 5.33. The first-order valence-electron chi connectivity index (χ1n) is 13.4. The molecule has 0 saturated carbocycles. The number of nitrogens with two attached hydrogens (primary N) is 1. The van der Waals surface area contributed by atoms with Crippen LogP contribution in [-0.4, -0.2) is 61.5 Å². The summed E-state index contributed by atoms with van der Waals surface area (Å²) in [6, 6.07) is 15.9.